The van der Waals surface area contributed by atoms with E-state index in [4.69, 9.17) is 0 Å². The van der Waals surface area contributed by atoms with Crippen LogP contribution in [0.5, 0.6) is 0 Å². The van der Waals surface area contributed by atoms with Gasteiger partial charge < -0.3 is 4.90 Å². The number of aryl methyl sites for hydroxylation is 1. The van der Waals surface area contributed by atoms with Crippen LogP contribution in [-0.4, -0.2) is 23.9 Å². The summed E-state index contributed by atoms with van der Waals surface area (Å²) in [5, 5.41) is 0. The van der Waals surface area contributed by atoms with E-state index in [0.717, 1.165) is 41.8 Å². The molecule has 1 aliphatic heterocycles. The van der Waals surface area contributed by atoms with E-state index < -0.39 is 0 Å². The topological polar surface area (TPSA) is 20.3 Å². The van der Waals surface area contributed by atoms with Crippen LogP contribution in [0.2, 0.25) is 0 Å². The summed E-state index contributed by atoms with van der Waals surface area (Å²) in [7, 11) is 0. The number of likely N-dealkylation sites (tertiary alicyclic amines) is 1. The number of hydrogen-bond acceptors (Lipinski definition) is 1. The van der Waals surface area contributed by atoms with E-state index in [0.29, 0.717) is 0 Å². The van der Waals surface area contributed by atoms with E-state index in [9.17, 15) is 4.79 Å². The molecule has 0 aromatic heterocycles. The van der Waals surface area contributed by atoms with Crippen molar-refractivity contribution in [2.45, 2.75) is 20.3 Å². The van der Waals surface area contributed by atoms with Crippen LogP contribution >= 0.6 is 0 Å². The molecule has 1 fully saturated rings. The number of amides is 1. The molecular formula is C18H19NO. The fraction of sp³-hybridized carbons (Fsp3) is 0.278. The molecule has 0 aliphatic carbocycles. The quantitative estimate of drug-likeness (QED) is 0.808. The minimum atomic E-state index is 0.177. The van der Waals surface area contributed by atoms with Gasteiger partial charge in [0.15, 0.2) is 0 Å². The number of benzene rings is 2. The van der Waals surface area contributed by atoms with Crippen molar-refractivity contribution in [2.24, 2.45) is 0 Å². The van der Waals surface area contributed by atoms with Gasteiger partial charge in [-0.05, 0) is 42.5 Å². The zero-order valence-electron chi connectivity index (χ0n) is 12.0. The highest BCUT2D eigenvalue weighted by Crippen LogP contribution is 2.30. The van der Waals surface area contributed by atoms with Crippen molar-refractivity contribution in [1.29, 1.82) is 0 Å². The van der Waals surface area contributed by atoms with Crippen molar-refractivity contribution in [1.82, 2.24) is 4.90 Å². The highest BCUT2D eigenvalue weighted by Gasteiger charge is 2.25. The SMILES string of the molecule is Cc1ccc(-c2ccccc2)c(C(=O)N2CCC2)c1C. The second-order valence-corrected chi connectivity index (χ2v) is 5.44. The van der Waals surface area contributed by atoms with Crippen molar-refractivity contribution in [3.8, 4) is 11.1 Å². The Bertz CT molecular complexity index is 642. The van der Waals surface area contributed by atoms with Gasteiger partial charge >= 0.3 is 0 Å². The summed E-state index contributed by atoms with van der Waals surface area (Å²) in [5.41, 5.74) is 5.30. The molecule has 0 saturated carbocycles. The summed E-state index contributed by atoms with van der Waals surface area (Å²) in [4.78, 5) is 14.7. The first-order valence-electron chi connectivity index (χ1n) is 7.13. The Kier molecular flexibility index (Phi) is 3.31. The molecule has 0 N–H and O–H groups in total. The second-order valence-electron chi connectivity index (χ2n) is 5.44. The van der Waals surface area contributed by atoms with Gasteiger partial charge in [-0.15, -0.1) is 0 Å². The zero-order chi connectivity index (χ0) is 14.1. The third-order valence-corrected chi connectivity index (χ3v) is 4.18. The average Bonchev–Trinajstić information content (AvgIpc) is 2.40. The zero-order valence-corrected chi connectivity index (χ0v) is 12.0. The van der Waals surface area contributed by atoms with Crippen LogP contribution in [0.25, 0.3) is 11.1 Å². The predicted molar refractivity (Wildman–Crippen MR) is 81.9 cm³/mol. The van der Waals surface area contributed by atoms with Crippen molar-refractivity contribution in [3.05, 3.63) is 59.2 Å². The maximum Gasteiger partial charge on any atom is 0.254 e. The summed E-state index contributed by atoms with van der Waals surface area (Å²) in [6.07, 6.45) is 1.12. The normalized spacial score (nSPS) is 14.0. The molecule has 2 aromatic rings. The Morgan fingerprint density at radius 2 is 1.70 bits per heavy atom. The van der Waals surface area contributed by atoms with Crippen LogP contribution in [0.3, 0.4) is 0 Å². The maximum atomic E-state index is 12.7. The van der Waals surface area contributed by atoms with Crippen LogP contribution in [-0.2, 0) is 0 Å². The Balaban J connectivity index is 2.14. The summed E-state index contributed by atoms with van der Waals surface area (Å²) in [6.45, 7) is 5.90. The average molecular weight is 265 g/mol. The summed E-state index contributed by atoms with van der Waals surface area (Å²) >= 11 is 0. The molecule has 0 radical (unpaired) electrons. The van der Waals surface area contributed by atoms with Crippen molar-refractivity contribution in [2.75, 3.05) is 13.1 Å². The first kappa shape index (κ1) is 12.9. The number of rotatable bonds is 2. The third-order valence-electron chi connectivity index (χ3n) is 4.18. The summed E-state index contributed by atoms with van der Waals surface area (Å²) in [6, 6.07) is 14.3. The molecule has 0 atom stereocenters. The van der Waals surface area contributed by atoms with Gasteiger partial charge in [-0.2, -0.15) is 0 Å². The van der Waals surface area contributed by atoms with Gasteiger partial charge in [0.25, 0.3) is 5.91 Å². The summed E-state index contributed by atoms with van der Waals surface area (Å²) < 4.78 is 0. The largest absolute Gasteiger partial charge is 0.338 e. The van der Waals surface area contributed by atoms with E-state index in [1.807, 2.05) is 23.1 Å². The van der Waals surface area contributed by atoms with Gasteiger partial charge in [0.1, 0.15) is 0 Å². The van der Waals surface area contributed by atoms with Crippen molar-refractivity contribution >= 4 is 5.91 Å². The highest BCUT2D eigenvalue weighted by atomic mass is 16.2. The van der Waals surface area contributed by atoms with Gasteiger partial charge in [0.05, 0.1) is 5.56 Å². The number of hydrogen-bond donors (Lipinski definition) is 0. The fourth-order valence-electron chi connectivity index (χ4n) is 2.63. The van der Waals surface area contributed by atoms with Crippen LogP contribution < -0.4 is 0 Å². The first-order valence-corrected chi connectivity index (χ1v) is 7.13. The third kappa shape index (κ3) is 2.11. The molecule has 0 spiro atoms. The molecular weight excluding hydrogens is 246 g/mol. The second kappa shape index (κ2) is 5.12. The maximum absolute atomic E-state index is 12.7. The summed E-state index contributed by atoms with van der Waals surface area (Å²) in [5.74, 6) is 0.177. The molecule has 1 saturated heterocycles. The molecule has 1 heterocycles. The minimum absolute atomic E-state index is 0.177. The Labute approximate surface area is 120 Å². The van der Waals surface area contributed by atoms with Gasteiger partial charge in [0.2, 0.25) is 0 Å². The molecule has 1 aliphatic rings. The lowest BCUT2D eigenvalue weighted by Gasteiger charge is -2.32. The Morgan fingerprint density at radius 3 is 2.30 bits per heavy atom. The standard InChI is InChI=1S/C18H19NO/c1-13-9-10-16(15-7-4-3-5-8-15)17(14(13)2)18(20)19-11-6-12-19/h3-5,7-10H,6,11-12H2,1-2H3. The smallest absolute Gasteiger partial charge is 0.254 e. The molecule has 1 amide bonds. The number of carbonyl (C=O) groups is 1. The van der Waals surface area contributed by atoms with Crippen molar-refractivity contribution < 1.29 is 4.79 Å². The van der Waals surface area contributed by atoms with Gasteiger partial charge in [-0.3, -0.25) is 4.79 Å². The van der Waals surface area contributed by atoms with Crippen LogP contribution in [0.4, 0.5) is 0 Å². The van der Waals surface area contributed by atoms with E-state index in [1.54, 1.807) is 0 Å². The highest BCUT2D eigenvalue weighted by molar-refractivity contribution is 6.02. The van der Waals surface area contributed by atoms with E-state index in [-0.39, 0.29) is 5.91 Å². The Morgan fingerprint density at radius 1 is 1.00 bits per heavy atom. The lowest BCUT2D eigenvalue weighted by Crippen LogP contribution is -2.42. The van der Waals surface area contributed by atoms with Gasteiger partial charge in [0, 0.05) is 13.1 Å². The molecule has 2 nitrogen and oxygen atoms in total. The lowest BCUT2D eigenvalue weighted by molar-refractivity contribution is 0.0652. The van der Waals surface area contributed by atoms with E-state index >= 15 is 0 Å². The van der Waals surface area contributed by atoms with Crippen LogP contribution in [0.1, 0.15) is 27.9 Å². The minimum Gasteiger partial charge on any atom is -0.338 e. The molecule has 3 rings (SSSR count). The van der Waals surface area contributed by atoms with Crippen LogP contribution in [0.15, 0.2) is 42.5 Å². The molecule has 0 unspecified atom stereocenters. The first-order chi connectivity index (χ1) is 9.68. The molecule has 102 valence electrons. The Hall–Kier alpha value is -2.09. The number of carbonyl (C=O) groups excluding carboxylic acids is 1. The fourth-order valence-corrected chi connectivity index (χ4v) is 2.63. The van der Waals surface area contributed by atoms with Crippen molar-refractivity contribution in [3.63, 3.8) is 0 Å². The lowest BCUT2D eigenvalue weighted by atomic mass is 9.91. The number of nitrogens with zero attached hydrogens (tertiary/aromatic N) is 1. The molecule has 2 aromatic carbocycles. The van der Waals surface area contributed by atoms with Gasteiger partial charge in [-0.25, -0.2) is 0 Å². The van der Waals surface area contributed by atoms with E-state index in [1.165, 1.54) is 5.56 Å². The van der Waals surface area contributed by atoms with Crippen LogP contribution in [0, 0.1) is 13.8 Å². The molecule has 0 bridgehead atoms. The monoisotopic (exact) mass is 265 g/mol. The molecule has 2 heteroatoms. The molecule has 20 heavy (non-hydrogen) atoms. The predicted octanol–water partition coefficient (Wildman–Crippen LogP) is 3.82. The van der Waals surface area contributed by atoms with Gasteiger partial charge in [-0.1, -0.05) is 42.5 Å². The van der Waals surface area contributed by atoms with E-state index in [2.05, 4.69) is 38.1 Å².